The maximum atomic E-state index is 12.7. The molecule has 0 N–H and O–H groups in total. The molecule has 27 heavy (non-hydrogen) atoms. The van der Waals surface area contributed by atoms with Crippen molar-refractivity contribution in [1.29, 1.82) is 0 Å². The summed E-state index contributed by atoms with van der Waals surface area (Å²) in [5, 5.41) is 0. The van der Waals surface area contributed by atoms with E-state index in [0.29, 0.717) is 13.1 Å². The smallest absolute Gasteiger partial charge is 0.368 e. The van der Waals surface area contributed by atoms with Gasteiger partial charge in [-0.1, -0.05) is 12.1 Å². The lowest BCUT2D eigenvalue weighted by atomic mass is 10.2. The number of para-hydroxylation sites is 1. The summed E-state index contributed by atoms with van der Waals surface area (Å²) >= 11 is 1.63. The van der Waals surface area contributed by atoms with Crippen LogP contribution < -0.4 is 4.90 Å². The monoisotopic (exact) mass is 416 g/mol. The lowest BCUT2D eigenvalue weighted by Gasteiger charge is -2.36. The van der Waals surface area contributed by atoms with Gasteiger partial charge in [0.2, 0.25) is 10.0 Å². The number of halogens is 3. The van der Waals surface area contributed by atoms with Gasteiger partial charge in [-0.2, -0.15) is 17.5 Å². The number of alkyl halides is 3. The van der Waals surface area contributed by atoms with E-state index < -0.39 is 21.8 Å². The topological polar surface area (TPSA) is 40.6 Å². The van der Waals surface area contributed by atoms with Crippen molar-refractivity contribution in [3.8, 4) is 0 Å². The Labute approximate surface area is 161 Å². The Morgan fingerprint density at radius 1 is 0.926 bits per heavy atom. The van der Waals surface area contributed by atoms with E-state index in [1.807, 2.05) is 30.5 Å². The first-order chi connectivity index (χ1) is 12.7. The zero-order valence-electron chi connectivity index (χ0n) is 14.6. The molecule has 1 saturated heterocycles. The predicted molar refractivity (Wildman–Crippen MR) is 101 cm³/mol. The molecule has 0 radical (unpaired) electrons. The quantitative estimate of drug-likeness (QED) is 0.708. The fourth-order valence-corrected chi connectivity index (χ4v) is 5.07. The summed E-state index contributed by atoms with van der Waals surface area (Å²) in [7, 11) is -3.81. The second-order valence-corrected chi connectivity index (χ2v) is 8.87. The van der Waals surface area contributed by atoms with Crippen LogP contribution in [0.3, 0.4) is 0 Å². The van der Waals surface area contributed by atoms with Crippen molar-refractivity contribution < 1.29 is 21.6 Å². The van der Waals surface area contributed by atoms with Crippen LogP contribution in [0, 0.1) is 0 Å². The first kappa shape index (κ1) is 20.0. The van der Waals surface area contributed by atoms with E-state index in [2.05, 4.69) is 4.90 Å². The Balaban J connectivity index is 1.73. The molecule has 0 saturated carbocycles. The highest BCUT2D eigenvalue weighted by Gasteiger charge is 2.32. The first-order valence-electron chi connectivity index (χ1n) is 8.29. The van der Waals surface area contributed by atoms with E-state index in [0.717, 1.165) is 34.8 Å². The summed E-state index contributed by atoms with van der Waals surface area (Å²) in [6, 6.07) is 11.6. The first-order valence-corrected chi connectivity index (χ1v) is 11.0. The third-order valence-corrected chi connectivity index (χ3v) is 7.18. The zero-order valence-corrected chi connectivity index (χ0v) is 16.2. The number of thioether (sulfide) groups is 1. The molecule has 1 aliphatic rings. The predicted octanol–water partition coefficient (Wildman–Crippen LogP) is 3.94. The van der Waals surface area contributed by atoms with Crippen molar-refractivity contribution in [2.24, 2.45) is 0 Å². The van der Waals surface area contributed by atoms with Gasteiger partial charge in [-0.15, -0.1) is 11.8 Å². The van der Waals surface area contributed by atoms with Crippen molar-refractivity contribution in [1.82, 2.24) is 4.31 Å². The maximum Gasteiger partial charge on any atom is 0.416 e. The van der Waals surface area contributed by atoms with Crippen LogP contribution >= 0.6 is 11.8 Å². The van der Waals surface area contributed by atoms with E-state index in [-0.39, 0.29) is 18.0 Å². The molecule has 1 aliphatic heterocycles. The summed E-state index contributed by atoms with van der Waals surface area (Å²) in [5.74, 6) is 0. The van der Waals surface area contributed by atoms with Gasteiger partial charge in [-0.25, -0.2) is 8.42 Å². The SMILES string of the molecule is CSc1ccccc1N1CCN(S(=O)(=O)c2ccc(C(F)(F)F)cc2)CC1. The van der Waals surface area contributed by atoms with Gasteiger partial charge in [-0.05, 0) is 42.7 Å². The summed E-state index contributed by atoms with van der Waals surface area (Å²) in [6.45, 7) is 1.62. The molecular formula is C18H19F3N2O2S2. The normalized spacial score (nSPS) is 16.5. The fourth-order valence-electron chi connectivity index (χ4n) is 3.03. The summed E-state index contributed by atoms with van der Waals surface area (Å²) in [5.41, 5.74) is 0.205. The molecule has 4 nitrogen and oxygen atoms in total. The van der Waals surface area contributed by atoms with E-state index in [9.17, 15) is 21.6 Å². The summed E-state index contributed by atoms with van der Waals surface area (Å²) in [6.07, 6.45) is -2.50. The van der Waals surface area contributed by atoms with Gasteiger partial charge in [0.15, 0.2) is 0 Å². The number of rotatable bonds is 4. The van der Waals surface area contributed by atoms with Crippen molar-refractivity contribution >= 4 is 27.5 Å². The van der Waals surface area contributed by atoms with Gasteiger partial charge < -0.3 is 4.90 Å². The number of piperazine rings is 1. The van der Waals surface area contributed by atoms with Crippen LogP contribution in [0.15, 0.2) is 58.3 Å². The van der Waals surface area contributed by atoms with Gasteiger partial charge in [0.25, 0.3) is 0 Å². The lowest BCUT2D eigenvalue weighted by Crippen LogP contribution is -2.48. The van der Waals surface area contributed by atoms with Gasteiger partial charge in [0.05, 0.1) is 16.1 Å². The molecule has 0 aromatic heterocycles. The van der Waals surface area contributed by atoms with Crippen molar-refractivity contribution in [3.63, 3.8) is 0 Å². The molecule has 0 spiro atoms. The molecule has 2 aromatic rings. The fraction of sp³-hybridized carbons (Fsp3) is 0.333. The number of nitrogens with zero attached hydrogens (tertiary/aromatic N) is 2. The Morgan fingerprint density at radius 2 is 1.52 bits per heavy atom. The summed E-state index contributed by atoms with van der Waals surface area (Å²) in [4.78, 5) is 3.13. The number of sulfonamides is 1. The Hall–Kier alpha value is -1.71. The number of hydrogen-bond donors (Lipinski definition) is 0. The van der Waals surface area contributed by atoms with Crippen LogP contribution in [-0.4, -0.2) is 45.2 Å². The minimum Gasteiger partial charge on any atom is -0.368 e. The Kier molecular flexibility index (Phi) is 5.73. The molecule has 1 heterocycles. The minimum absolute atomic E-state index is 0.117. The third kappa shape index (κ3) is 4.25. The molecule has 0 bridgehead atoms. The van der Waals surface area contributed by atoms with Crippen LogP contribution in [-0.2, 0) is 16.2 Å². The summed E-state index contributed by atoms with van der Waals surface area (Å²) < 4.78 is 64.8. The van der Waals surface area contributed by atoms with Gasteiger partial charge in [-0.3, -0.25) is 0 Å². The molecule has 3 rings (SSSR count). The number of hydrogen-bond acceptors (Lipinski definition) is 4. The molecule has 2 aromatic carbocycles. The van der Waals surface area contributed by atoms with Crippen LogP contribution in [0.2, 0.25) is 0 Å². The number of benzene rings is 2. The average molecular weight is 416 g/mol. The number of anilines is 1. The van der Waals surface area contributed by atoms with E-state index in [1.165, 1.54) is 4.31 Å². The van der Waals surface area contributed by atoms with E-state index in [1.54, 1.807) is 11.8 Å². The van der Waals surface area contributed by atoms with Gasteiger partial charge in [0.1, 0.15) is 0 Å². The second kappa shape index (κ2) is 7.73. The van der Waals surface area contributed by atoms with Crippen LogP contribution in [0.25, 0.3) is 0 Å². The molecule has 9 heteroatoms. The van der Waals surface area contributed by atoms with Crippen molar-refractivity contribution in [2.75, 3.05) is 37.3 Å². The zero-order chi connectivity index (χ0) is 19.7. The molecule has 1 fully saturated rings. The van der Waals surface area contributed by atoms with Crippen molar-refractivity contribution in [2.45, 2.75) is 16.0 Å². The van der Waals surface area contributed by atoms with Gasteiger partial charge >= 0.3 is 6.18 Å². The largest absolute Gasteiger partial charge is 0.416 e. The van der Waals surface area contributed by atoms with Crippen LogP contribution in [0.5, 0.6) is 0 Å². The highest BCUT2D eigenvalue weighted by molar-refractivity contribution is 7.98. The lowest BCUT2D eigenvalue weighted by molar-refractivity contribution is -0.137. The van der Waals surface area contributed by atoms with E-state index in [4.69, 9.17) is 0 Å². The molecular weight excluding hydrogens is 397 g/mol. The van der Waals surface area contributed by atoms with Crippen LogP contribution in [0.4, 0.5) is 18.9 Å². The highest BCUT2D eigenvalue weighted by Crippen LogP contribution is 2.31. The maximum absolute atomic E-state index is 12.7. The molecule has 146 valence electrons. The van der Waals surface area contributed by atoms with E-state index >= 15 is 0 Å². The standard InChI is InChI=1S/C18H19F3N2O2S2/c1-26-17-5-3-2-4-16(17)22-10-12-23(13-11-22)27(24,25)15-8-6-14(7-9-15)18(19,20)21/h2-9H,10-13H2,1H3. The molecule has 0 aliphatic carbocycles. The third-order valence-electron chi connectivity index (χ3n) is 4.48. The minimum atomic E-state index is -4.49. The molecule has 0 amide bonds. The Bertz CT molecular complexity index is 892. The van der Waals surface area contributed by atoms with Crippen molar-refractivity contribution in [3.05, 3.63) is 54.1 Å². The Morgan fingerprint density at radius 3 is 2.07 bits per heavy atom. The molecule has 0 unspecified atom stereocenters. The average Bonchev–Trinajstić information content (AvgIpc) is 2.67. The van der Waals surface area contributed by atoms with Gasteiger partial charge in [0, 0.05) is 31.1 Å². The second-order valence-electron chi connectivity index (χ2n) is 6.09. The molecule has 0 atom stereocenters. The highest BCUT2D eigenvalue weighted by atomic mass is 32.2. The van der Waals surface area contributed by atoms with Crippen LogP contribution in [0.1, 0.15) is 5.56 Å².